The maximum Gasteiger partial charge on any atom is 0.220 e. The van der Waals surface area contributed by atoms with Crippen molar-refractivity contribution < 1.29 is 9.21 Å². The van der Waals surface area contributed by atoms with Gasteiger partial charge in [-0.25, -0.2) is 9.97 Å². The van der Waals surface area contributed by atoms with E-state index in [1.165, 1.54) is 4.88 Å². The summed E-state index contributed by atoms with van der Waals surface area (Å²) in [6, 6.07) is 7.72. The first-order valence-electron chi connectivity index (χ1n) is 7.72. The molecule has 6 heteroatoms. The van der Waals surface area contributed by atoms with E-state index in [1.54, 1.807) is 11.3 Å². The summed E-state index contributed by atoms with van der Waals surface area (Å²) in [4.78, 5) is 21.6. The minimum Gasteiger partial charge on any atom is -0.441 e. The number of oxazole rings is 1. The molecule has 0 unspecified atom stereocenters. The quantitative estimate of drug-likeness (QED) is 0.676. The van der Waals surface area contributed by atoms with Gasteiger partial charge in [0.15, 0.2) is 11.5 Å². The number of aryl methyl sites for hydroxylation is 3. The zero-order valence-electron chi connectivity index (χ0n) is 13.0. The molecule has 0 aliphatic rings. The third kappa shape index (κ3) is 4.16. The van der Waals surface area contributed by atoms with Crippen LogP contribution in [0.3, 0.4) is 0 Å². The molecule has 0 spiro atoms. The van der Waals surface area contributed by atoms with Crippen LogP contribution in [0.5, 0.6) is 0 Å². The first-order valence-corrected chi connectivity index (χ1v) is 8.60. The summed E-state index contributed by atoms with van der Waals surface area (Å²) < 4.78 is 5.66. The molecule has 1 aromatic carbocycles. The van der Waals surface area contributed by atoms with Crippen molar-refractivity contribution in [1.29, 1.82) is 0 Å². The van der Waals surface area contributed by atoms with Crippen LogP contribution in [0.2, 0.25) is 0 Å². The summed E-state index contributed by atoms with van der Waals surface area (Å²) in [6.45, 7) is 2.61. The molecule has 3 aromatic rings. The molecular weight excluding hydrogens is 310 g/mol. The van der Waals surface area contributed by atoms with Crippen LogP contribution in [0.15, 0.2) is 34.2 Å². The number of carbonyl (C=O) groups is 1. The van der Waals surface area contributed by atoms with Crippen molar-refractivity contribution in [2.45, 2.75) is 32.6 Å². The summed E-state index contributed by atoms with van der Waals surface area (Å²) >= 11 is 1.61. The van der Waals surface area contributed by atoms with Gasteiger partial charge in [-0.05, 0) is 31.9 Å². The molecule has 1 N–H and O–H groups in total. The molecule has 2 heterocycles. The van der Waals surface area contributed by atoms with E-state index < -0.39 is 0 Å². The van der Waals surface area contributed by atoms with Gasteiger partial charge in [-0.15, -0.1) is 11.3 Å². The average Bonchev–Trinajstić information content (AvgIpc) is 3.15. The molecule has 0 saturated heterocycles. The first-order chi connectivity index (χ1) is 11.2. The molecule has 1 amide bonds. The number of carbonyl (C=O) groups excluding carboxylic acids is 1. The predicted molar refractivity (Wildman–Crippen MR) is 90.5 cm³/mol. The molecular formula is C17H19N3O2S. The van der Waals surface area contributed by atoms with Crippen molar-refractivity contribution in [3.05, 3.63) is 46.2 Å². The van der Waals surface area contributed by atoms with Crippen LogP contribution < -0.4 is 5.32 Å². The molecule has 0 aliphatic carbocycles. The van der Waals surface area contributed by atoms with E-state index in [9.17, 15) is 4.79 Å². The van der Waals surface area contributed by atoms with Crippen molar-refractivity contribution >= 4 is 28.3 Å². The number of nitrogens with one attached hydrogen (secondary N) is 1. The van der Waals surface area contributed by atoms with Crippen LogP contribution in [0.25, 0.3) is 11.1 Å². The topological polar surface area (TPSA) is 68.0 Å². The van der Waals surface area contributed by atoms with E-state index in [2.05, 4.69) is 15.3 Å². The molecule has 0 radical (unpaired) electrons. The second kappa shape index (κ2) is 7.37. The highest BCUT2D eigenvalue weighted by atomic mass is 32.1. The van der Waals surface area contributed by atoms with Crippen molar-refractivity contribution in [1.82, 2.24) is 15.3 Å². The number of aromatic nitrogens is 2. The smallest absolute Gasteiger partial charge is 0.220 e. The van der Waals surface area contributed by atoms with Crippen LogP contribution in [0.4, 0.5) is 0 Å². The normalized spacial score (nSPS) is 11.0. The van der Waals surface area contributed by atoms with Gasteiger partial charge in [0.25, 0.3) is 0 Å². The minimum absolute atomic E-state index is 0.0790. The van der Waals surface area contributed by atoms with E-state index >= 15 is 0 Å². The number of nitrogens with zero attached hydrogens (tertiary/aromatic N) is 2. The Morgan fingerprint density at radius 2 is 2.17 bits per heavy atom. The van der Waals surface area contributed by atoms with Gasteiger partial charge in [0.1, 0.15) is 5.52 Å². The number of para-hydroxylation sites is 2. The second-order valence-corrected chi connectivity index (χ2v) is 6.33. The molecule has 0 fully saturated rings. The van der Waals surface area contributed by atoms with Gasteiger partial charge >= 0.3 is 0 Å². The van der Waals surface area contributed by atoms with Crippen LogP contribution in [-0.2, 0) is 17.6 Å². The standard InChI is InChI=1S/C17H19N3O2S/c1-12-15(23-11-19-12)8-9-16(21)18-10-4-7-17-20-13-5-2-3-6-14(13)22-17/h2-3,5-6,11H,4,7-10H2,1H3,(H,18,21). The Balaban J connectivity index is 1.37. The van der Waals surface area contributed by atoms with Gasteiger partial charge < -0.3 is 9.73 Å². The number of hydrogen-bond acceptors (Lipinski definition) is 5. The first kappa shape index (κ1) is 15.7. The number of benzene rings is 1. The number of rotatable bonds is 7. The molecule has 0 aliphatic heterocycles. The zero-order chi connectivity index (χ0) is 16.1. The van der Waals surface area contributed by atoms with Crippen LogP contribution in [0, 0.1) is 6.92 Å². The fraction of sp³-hybridized carbons (Fsp3) is 0.353. The Labute approximate surface area is 138 Å². The van der Waals surface area contributed by atoms with E-state index in [0.717, 1.165) is 41.9 Å². The van der Waals surface area contributed by atoms with Crippen molar-refractivity contribution in [3.63, 3.8) is 0 Å². The number of hydrogen-bond donors (Lipinski definition) is 1. The maximum atomic E-state index is 11.8. The van der Waals surface area contributed by atoms with Crippen molar-refractivity contribution in [2.75, 3.05) is 6.54 Å². The lowest BCUT2D eigenvalue weighted by atomic mass is 10.2. The number of thiazole rings is 1. The average molecular weight is 329 g/mol. The third-order valence-corrected chi connectivity index (χ3v) is 4.65. The van der Waals surface area contributed by atoms with Crippen LogP contribution in [-0.4, -0.2) is 22.4 Å². The van der Waals surface area contributed by atoms with E-state index in [1.807, 2.05) is 36.7 Å². The van der Waals surface area contributed by atoms with Crippen LogP contribution in [0.1, 0.15) is 29.3 Å². The minimum atomic E-state index is 0.0790. The maximum absolute atomic E-state index is 11.8. The highest BCUT2D eigenvalue weighted by molar-refractivity contribution is 7.09. The van der Waals surface area contributed by atoms with Crippen molar-refractivity contribution in [3.8, 4) is 0 Å². The predicted octanol–water partition coefficient (Wildman–Crippen LogP) is 3.27. The molecule has 120 valence electrons. The molecule has 23 heavy (non-hydrogen) atoms. The highest BCUT2D eigenvalue weighted by Gasteiger charge is 2.07. The summed E-state index contributed by atoms with van der Waals surface area (Å²) in [6.07, 6.45) is 2.81. The fourth-order valence-corrected chi connectivity index (χ4v) is 3.16. The van der Waals surface area contributed by atoms with E-state index in [4.69, 9.17) is 4.42 Å². The lowest BCUT2D eigenvalue weighted by Gasteiger charge is -2.03. The van der Waals surface area contributed by atoms with Gasteiger partial charge in [-0.3, -0.25) is 4.79 Å². The molecule has 0 saturated carbocycles. The molecule has 5 nitrogen and oxygen atoms in total. The number of amides is 1. The zero-order valence-corrected chi connectivity index (χ0v) is 13.9. The Morgan fingerprint density at radius 1 is 1.30 bits per heavy atom. The summed E-state index contributed by atoms with van der Waals surface area (Å²) in [5.41, 5.74) is 4.54. The highest BCUT2D eigenvalue weighted by Crippen LogP contribution is 2.16. The Kier molecular flexibility index (Phi) is 5.02. The van der Waals surface area contributed by atoms with E-state index in [0.29, 0.717) is 13.0 Å². The number of fused-ring (bicyclic) bond motifs is 1. The van der Waals surface area contributed by atoms with Gasteiger partial charge in [-0.1, -0.05) is 12.1 Å². The molecule has 0 atom stereocenters. The summed E-state index contributed by atoms with van der Waals surface area (Å²) in [7, 11) is 0. The molecule has 0 bridgehead atoms. The SMILES string of the molecule is Cc1ncsc1CCC(=O)NCCCc1nc2ccccc2o1. The summed E-state index contributed by atoms with van der Waals surface area (Å²) in [5.74, 6) is 0.802. The third-order valence-electron chi connectivity index (χ3n) is 3.65. The van der Waals surface area contributed by atoms with Gasteiger partial charge in [0.05, 0.1) is 11.2 Å². The fourth-order valence-electron chi connectivity index (χ4n) is 2.38. The largest absolute Gasteiger partial charge is 0.441 e. The Bertz CT molecular complexity index is 761. The second-order valence-electron chi connectivity index (χ2n) is 5.39. The monoisotopic (exact) mass is 329 g/mol. The molecule has 2 aromatic heterocycles. The van der Waals surface area contributed by atoms with Gasteiger partial charge in [-0.2, -0.15) is 0 Å². The van der Waals surface area contributed by atoms with Gasteiger partial charge in [0, 0.05) is 24.3 Å². The van der Waals surface area contributed by atoms with Crippen LogP contribution >= 0.6 is 11.3 Å². The van der Waals surface area contributed by atoms with E-state index in [-0.39, 0.29) is 5.91 Å². The summed E-state index contributed by atoms with van der Waals surface area (Å²) in [5, 5.41) is 2.94. The Morgan fingerprint density at radius 3 is 2.96 bits per heavy atom. The Hall–Kier alpha value is -2.21. The lowest BCUT2D eigenvalue weighted by molar-refractivity contribution is -0.121. The molecule has 3 rings (SSSR count). The van der Waals surface area contributed by atoms with Gasteiger partial charge in [0.2, 0.25) is 5.91 Å². The van der Waals surface area contributed by atoms with Crippen molar-refractivity contribution in [2.24, 2.45) is 0 Å². The lowest BCUT2D eigenvalue weighted by Crippen LogP contribution is -2.24.